The molecule has 1 aliphatic rings. The zero-order valence-electron chi connectivity index (χ0n) is 9.16. The molecule has 1 saturated heterocycles. The second-order valence-corrected chi connectivity index (χ2v) is 3.30. The highest BCUT2D eigenvalue weighted by Gasteiger charge is 2.13. The van der Waals surface area contributed by atoms with Crippen molar-refractivity contribution in [1.82, 2.24) is 10.3 Å². The summed E-state index contributed by atoms with van der Waals surface area (Å²) in [7, 11) is 0. The largest absolute Gasteiger partial charge is 0.317 e. The molecule has 2 rings (SSSR count). The Kier molecular flexibility index (Phi) is 5.23. The standard InChI is InChI=1S/C10H14N2.C2H6/c1-5-11-6-2-9(1)10-3-7-12-8-4-10;1-2/h1-2,5-6,10,12H,3-4,7-8H2;1-2H3. The molecule has 2 heteroatoms. The van der Waals surface area contributed by atoms with Gasteiger partial charge < -0.3 is 5.32 Å². The summed E-state index contributed by atoms with van der Waals surface area (Å²) in [6.07, 6.45) is 6.31. The molecule has 0 saturated carbocycles. The number of piperidine rings is 1. The molecule has 78 valence electrons. The van der Waals surface area contributed by atoms with E-state index in [0.29, 0.717) is 0 Å². The van der Waals surface area contributed by atoms with Crippen LogP contribution in [-0.4, -0.2) is 18.1 Å². The predicted octanol–water partition coefficient (Wildman–Crippen LogP) is 2.57. The first kappa shape index (κ1) is 11.2. The molecule has 0 spiro atoms. The second kappa shape index (κ2) is 6.55. The summed E-state index contributed by atoms with van der Waals surface area (Å²) >= 11 is 0. The van der Waals surface area contributed by atoms with Crippen LogP contribution in [0.25, 0.3) is 0 Å². The van der Waals surface area contributed by atoms with Crippen molar-refractivity contribution < 1.29 is 0 Å². The number of hydrogen-bond donors (Lipinski definition) is 1. The van der Waals surface area contributed by atoms with Gasteiger partial charge in [-0.05, 0) is 49.5 Å². The van der Waals surface area contributed by atoms with Gasteiger partial charge in [0.1, 0.15) is 0 Å². The number of aromatic nitrogens is 1. The predicted molar refractivity (Wildman–Crippen MR) is 60.4 cm³/mol. The van der Waals surface area contributed by atoms with Crippen LogP contribution in [-0.2, 0) is 0 Å². The Bertz CT molecular complexity index is 227. The summed E-state index contributed by atoms with van der Waals surface area (Å²) in [5, 5.41) is 3.37. The molecule has 0 bridgehead atoms. The summed E-state index contributed by atoms with van der Waals surface area (Å²) in [5.74, 6) is 0.759. The monoisotopic (exact) mass is 192 g/mol. The first-order valence-corrected chi connectivity index (χ1v) is 5.57. The van der Waals surface area contributed by atoms with E-state index in [0.717, 1.165) is 19.0 Å². The molecular weight excluding hydrogens is 172 g/mol. The van der Waals surface area contributed by atoms with E-state index in [2.05, 4.69) is 22.4 Å². The average Bonchev–Trinajstić information content (AvgIpc) is 2.34. The average molecular weight is 192 g/mol. The molecule has 0 aromatic carbocycles. The Morgan fingerprint density at radius 3 is 2.29 bits per heavy atom. The first-order chi connectivity index (χ1) is 6.97. The summed E-state index contributed by atoms with van der Waals surface area (Å²) in [6.45, 7) is 6.32. The van der Waals surface area contributed by atoms with Gasteiger partial charge in [0.05, 0.1) is 0 Å². The van der Waals surface area contributed by atoms with Gasteiger partial charge in [0.25, 0.3) is 0 Å². The Morgan fingerprint density at radius 2 is 1.71 bits per heavy atom. The van der Waals surface area contributed by atoms with Crippen molar-refractivity contribution in [2.24, 2.45) is 0 Å². The third-order valence-electron chi connectivity index (χ3n) is 2.52. The summed E-state index contributed by atoms with van der Waals surface area (Å²) in [4.78, 5) is 4.02. The lowest BCUT2D eigenvalue weighted by atomic mass is 9.91. The van der Waals surface area contributed by atoms with Crippen molar-refractivity contribution in [2.45, 2.75) is 32.6 Å². The molecule has 0 atom stereocenters. The van der Waals surface area contributed by atoms with E-state index >= 15 is 0 Å². The molecule has 1 aliphatic heterocycles. The van der Waals surface area contributed by atoms with Crippen LogP contribution in [0.3, 0.4) is 0 Å². The lowest BCUT2D eigenvalue weighted by Crippen LogP contribution is -2.26. The van der Waals surface area contributed by atoms with E-state index in [9.17, 15) is 0 Å². The topological polar surface area (TPSA) is 24.9 Å². The maximum Gasteiger partial charge on any atom is 0.0270 e. The highest BCUT2D eigenvalue weighted by atomic mass is 14.9. The Morgan fingerprint density at radius 1 is 1.14 bits per heavy atom. The lowest BCUT2D eigenvalue weighted by Gasteiger charge is -2.22. The molecule has 0 unspecified atom stereocenters. The van der Waals surface area contributed by atoms with Gasteiger partial charge in [-0.25, -0.2) is 0 Å². The van der Waals surface area contributed by atoms with Crippen molar-refractivity contribution in [2.75, 3.05) is 13.1 Å². The van der Waals surface area contributed by atoms with Gasteiger partial charge in [0.2, 0.25) is 0 Å². The van der Waals surface area contributed by atoms with Gasteiger partial charge >= 0.3 is 0 Å². The quantitative estimate of drug-likeness (QED) is 0.739. The van der Waals surface area contributed by atoms with E-state index in [4.69, 9.17) is 0 Å². The van der Waals surface area contributed by atoms with Crippen LogP contribution in [0.2, 0.25) is 0 Å². The van der Waals surface area contributed by atoms with Crippen LogP contribution in [0.15, 0.2) is 24.5 Å². The van der Waals surface area contributed by atoms with E-state index in [-0.39, 0.29) is 0 Å². The Labute approximate surface area is 86.8 Å². The van der Waals surface area contributed by atoms with Crippen molar-refractivity contribution in [3.05, 3.63) is 30.1 Å². The van der Waals surface area contributed by atoms with E-state index in [1.807, 2.05) is 26.2 Å². The molecule has 14 heavy (non-hydrogen) atoms. The maximum absolute atomic E-state index is 4.02. The molecule has 1 fully saturated rings. The van der Waals surface area contributed by atoms with Gasteiger partial charge in [-0.2, -0.15) is 0 Å². The molecule has 2 nitrogen and oxygen atoms in total. The fourth-order valence-corrected chi connectivity index (χ4v) is 1.79. The van der Waals surface area contributed by atoms with Crippen molar-refractivity contribution in [3.63, 3.8) is 0 Å². The first-order valence-electron chi connectivity index (χ1n) is 5.57. The van der Waals surface area contributed by atoms with Crippen LogP contribution >= 0.6 is 0 Å². The Hall–Kier alpha value is -0.890. The number of hydrogen-bond acceptors (Lipinski definition) is 2. The third-order valence-corrected chi connectivity index (χ3v) is 2.52. The van der Waals surface area contributed by atoms with Gasteiger partial charge in [-0.3, -0.25) is 4.98 Å². The smallest absolute Gasteiger partial charge is 0.0270 e. The fourth-order valence-electron chi connectivity index (χ4n) is 1.79. The molecule has 1 aromatic rings. The molecule has 0 radical (unpaired) electrons. The van der Waals surface area contributed by atoms with Gasteiger partial charge in [0.15, 0.2) is 0 Å². The van der Waals surface area contributed by atoms with Gasteiger partial charge in [0, 0.05) is 12.4 Å². The highest BCUT2D eigenvalue weighted by molar-refractivity contribution is 5.16. The third kappa shape index (κ3) is 3.11. The SMILES string of the molecule is CC.c1cc(C2CCNCC2)ccn1. The van der Waals surface area contributed by atoms with Crippen LogP contribution in [0.1, 0.15) is 38.2 Å². The molecule has 0 aliphatic carbocycles. The zero-order valence-corrected chi connectivity index (χ0v) is 9.16. The van der Waals surface area contributed by atoms with Crippen LogP contribution < -0.4 is 5.32 Å². The molecule has 0 amide bonds. The van der Waals surface area contributed by atoms with Crippen molar-refractivity contribution in [1.29, 1.82) is 0 Å². The molecule has 1 N–H and O–H groups in total. The summed E-state index contributed by atoms with van der Waals surface area (Å²) in [6, 6.07) is 4.27. The van der Waals surface area contributed by atoms with E-state index in [1.54, 1.807) is 0 Å². The maximum atomic E-state index is 4.02. The Balaban J connectivity index is 0.000000461. The molecule has 2 heterocycles. The van der Waals surface area contributed by atoms with Gasteiger partial charge in [-0.1, -0.05) is 13.8 Å². The number of nitrogens with one attached hydrogen (secondary N) is 1. The number of pyridine rings is 1. The number of rotatable bonds is 1. The van der Waals surface area contributed by atoms with Crippen molar-refractivity contribution >= 4 is 0 Å². The highest BCUT2D eigenvalue weighted by Crippen LogP contribution is 2.23. The van der Waals surface area contributed by atoms with Crippen LogP contribution in [0.5, 0.6) is 0 Å². The fraction of sp³-hybridized carbons (Fsp3) is 0.583. The van der Waals surface area contributed by atoms with Crippen LogP contribution in [0, 0.1) is 0 Å². The molecule has 1 aromatic heterocycles. The normalized spacial score (nSPS) is 17.0. The van der Waals surface area contributed by atoms with E-state index in [1.165, 1.54) is 18.4 Å². The number of nitrogens with zero attached hydrogens (tertiary/aromatic N) is 1. The minimum Gasteiger partial charge on any atom is -0.317 e. The minimum atomic E-state index is 0.759. The summed E-state index contributed by atoms with van der Waals surface area (Å²) < 4.78 is 0. The van der Waals surface area contributed by atoms with Crippen LogP contribution in [0.4, 0.5) is 0 Å². The van der Waals surface area contributed by atoms with Crippen molar-refractivity contribution in [3.8, 4) is 0 Å². The van der Waals surface area contributed by atoms with E-state index < -0.39 is 0 Å². The zero-order chi connectivity index (χ0) is 10.2. The lowest BCUT2D eigenvalue weighted by molar-refractivity contribution is 0.460. The van der Waals surface area contributed by atoms with Gasteiger partial charge in [-0.15, -0.1) is 0 Å². The molecular formula is C12H20N2. The summed E-state index contributed by atoms with van der Waals surface area (Å²) in [5.41, 5.74) is 1.45. The second-order valence-electron chi connectivity index (χ2n) is 3.30. The minimum absolute atomic E-state index is 0.759.